The van der Waals surface area contributed by atoms with E-state index >= 15 is 0 Å². The first kappa shape index (κ1) is 13.1. The number of rotatable bonds is 4. The molecule has 0 heterocycles. The van der Waals surface area contributed by atoms with E-state index in [4.69, 9.17) is 5.73 Å². The molecule has 3 nitrogen and oxygen atoms in total. The molecule has 0 aliphatic rings. The second kappa shape index (κ2) is 4.88. The highest BCUT2D eigenvalue weighted by atomic mass is 32.2. The Morgan fingerprint density at radius 3 is 2.25 bits per heavy atom. The third-order valence-corrected chi connectivity index (χ3v) is 3.08. The number of halogens is 2. The van der Waals surface area contributed by atoms with Crippen LogP contribution in [0.1, 0.15) is 5.56 Å². The lowest BCUT2D eigenvalue weighted by Crippen LogP contribution is -2.31. The van der Waals surface area contributed by atoms with Crippen molar-refractivity contribution in [2.75, 3.05) is 12.0 Å². The molecule has 1 aromatic rings. The van der Waals surface area contributed by atoms with Crippen LogP contribution in [-0.2, 0) is 16.3 Å². The second-order valence-corrected chi connectivity index (χ2v) is 5.94. The summed E-state index contributed by atoms with van der Waals surface area (Å²) in [5, 5.41) is 0. The van der Waals surface area contributed by atoms with Crippen LogP contribution in [0.3, 0.4) is 0 Å². The first-order valence-corrected chi connectivity index (χ1v) is 6.72. The molecular weight excluding hydrogens is 236 g/mol. The van der Waals surface area contributed by atoms with Crippen LogP contribution in [0.15, 0.2) is 18.2 Å². The minimum absolute atomic E-state index is 0.133. The lowest BCUT2D eigenvalue weighted by molar-refractivity contribution is 0.539. The van der Waals surface area contributed by atoms with E-state index in [-0.39, 0.29) is 17.7 Å². The maximum atomic E-state index is 13.2. The summed E-state index contributed by atoms with van der Waals surface area (Å²) in [6, 6.07) is 2.68. The van der Waals surface area contributed by atoms with Crippen LogP contribution >= 0.6 is 0 Å². The summed E-state index contributed by atoms with van der Waals surface area (Å²) >= 11 is 0. The van der Waals surface area contributed by atoms with Gasteiger partial charge < -0.3 is 5.73 Å². The monoisotopic (exact) mass is 249 g/mol. The normalized spacial score (nSPS) is 13.8. The van der Waals surface area contributed by atoms with Crippen molar-refractivity contribution < 1.29 is 17.2 Å². The average Bonchev–Trinajstić information content (AvgIpc) is 2.08. The highest BCUT2D eigenvalue weighted by molar-refractivity contribution is 7.90. The molecule has 0 amide bonds. The van der Waals surface area contributed by atoms with Gasteiger partial charge in [0.05, 0.1) is 5.75 Å². The van der Waals surface area contributed by atoms with E-state index in [0.29, 0.717) is 0 Å². The molecule has 1 aromatic carbocycles. The number of hydrogen-bond donors (Lipinski definition) is 1. The zero-order valence-corrected chi connectivity index (χ0v) is 9.60. The molecule has 0 saturated heterocycles. The van der Waals surface area contributed by atoms with Crippen LogP contribution < -0.4 is 5.73 Å². The molecule has 0 aliphatic carbocycles. The van der Waals surface area contributed by atoms with Gasteiger partial charge in [0.1, 0.15) is 21.5 Å². The topological polar surface area (TPSA) is 60.2 Å². The van der Waals surface area contributed by atoms with E-state index in [1.165, 1.54) is 6.07 Å². The predicted molar refractivity (Wildman–Crippen MR) is 57.7 cm³/mol. The maximum absolute atomic E-state index is 13.2. The zero-order valence-electron chi connectivity index (χ0n) is 8.78. The van der Waals surface area contributed by atoms with Gasteiger partial charge in [-0.2, -0.15) is 0 Å². The van der Waals surface area contributed by atoms with Gasteiger partial charge in [-0.1, -0.05) is 6.07 Å². The molecule has 2 N–H and O–H groups in total. The second-order valence-electron chi connectivity index (χ2n) is 3.76. The fourth-order valence-corrected chi connectivity index (χ4v) is 2.33. The van der Waals surface area contributed by atoms with Crippen molar-refractivity contribution in [3.63, 3.8) is 0 Å². The van der Waals surface area contributed by atoms with Gasteiger partial charge in [0.2, 0.25) is 0 Å². The smallest absolute Gasteiger partial charge is 0.148 e. The molecule has 0 bridgehead atoms. The van der Waals surface area contributed by atoms with E-state index in [2.05, 4.69) is 0 Å². The van der Waals surface area contributed by atoms with Crippen molar-refractivity contribution in [1.29, 1.82) is 0 Å². The van der Waals surface area contributed by atoms with Gasteiger partial charge in [0.25, 0.3) is 0 Å². The minimum Gasteiger partial charge on any atom is -0.326 e. The van der Waals surface area contributed by atoms with Gasteiger partial charge in [0, 0.05) is 17.9 Å². The Labute approximate surface area is 93.2 Å². The van der Waals surface area contributed by atoms with Crippen molar-refractivity contribution in [3.05, 3.63) is 35.4 Å². The highest BCUT2D eigenvalue weighted by Crippen LogP contribution is 2.14. The first-order chi connectivity index (χ1) is 7.29. The fourth-order valence-electron chi connectivity index (χ4n) is 1.44. The molecule has 0 saturated carbocycles. The molecular formula is C10H13F2NO2S. The molecule has 0 fully saturated rings. The minimum atomic E-state index is -3.24. The van der Waals surface area contributed by atoms with Crippen molar-refractivity contribution in [2.45, 2.75) is 12.5 Å². The SMILES string of the molecule is CS(=O)(=O)CC(N)Cc1c(F)cccc1F. The highest BCUT2D eigenvalue weighted by Gasteiger charge is 2.16. The van der Waals surface area contributed by atoms with E-state index in [0.717, 1.165) is 18.4 Å². The number of nitrogens with two attached hydrogens (primary N) is 1. The molecule has 6 heteroatoms. The lowest BCUT2D eigenvalue weighted by Gasteiger charge is -2.11. The molecule has 90 valence electrons. The third kappa shape index (κ3) is 3.86. The van der Waals surface area contributed by atoms with Crippen molar-refractivity contribution >= 4 is 9.84 Å². The van der Waals surface area contributed by atoms with Crippen LogP contribution in [0.4, 0.5) is 8.78 Å². The molecule has 0 aromatic heterocycles. The van der Waals surface area contributed by atoms with E-state index in [1.807, 2.05) is 0 Å². The van der Waals surface area contributed by atoms with Crippen LogP contribution in [0.5, 0.6) is 0 Å². The lowest BCUT2D eigenvalue weighted by atomic mass is 10.1. The zero-order chi connectivity index (χ0) is 12.3. The van der Waals surface area contributed by atoms with E-state index in [9.17, 15) is 17.2 Å². The van der Waals surface area contributed by atoms with Gasteiger partial charge in [-0.15, -0.1) is 0 Å². The van der Waals surface area contributed by atoms with Gasteiger partial charge in [-0.3, -0.25) is 0 Å². The Kier molecular flexibility index (Phi) is 3.98. The van der Waals surface area contributed by atoms with Gasteiger partial charge in [-0.25, -0.2) is 17.2 Å². The van der Waals surface area contributed by atoms with Crippen molar-refractivity contribution in [1.82, 2.24) is 0 Å². The fraction of sp³-hybridized carbons (Fsp3) is 0.400. The van der Waals surface area contributed by atoms with E-state index < -0.39 is 27.5 Å². The van der Waals surface area contributed by atoms with Crippen molar-refractivity contribution in [2.24, 2.45) is 5.73 Å². The largest absolute Gasteiger partial charge is 0.326 e. The third-order valence-electron chi connectivity index (χ3n) is 2.04. The Balaban J connectivity index is 2.81. The summed E-state index contributed by atoms with van der Waals surface area (Å²) < 4.78 is 48.3. The van der Waals surface area contributed by atoms with Crippen LogP contribution in [0, 0.1) is 11.6 Å². The van der Waals surface area contributed by atoms with Crippen molar-refractivity contribution in [3.8, 4) is 0 Å². The van der Waals surface area contributed by atoms with Crippen LogP contribution in [0.2, 0.25) is 0 Å². The molecule has 0 aliphatic heterocycles. The quantitative estimate of drug-likeness (QED) is 0.861. The summed E-state index contributed by atoms with van der Waals surface area (Å²) in [4.78, 5) is 0. The van der Waals surface area contributed by atoms with Gasteiger partial charge in [0.15, 0.2) is 0 Å². The molecule has 1 atom stereocenters. The molecule has 1 rings (SSSR count). The molecule has 1 unspecified atom stereocenters. The Morgan fingerprint density at radius 1 is 1.31 bits per heavy atom. The van der Waals surface area contributed by atoms with E-state index in [1.54, 1.807) is 0 Å². The Bertz CT molecular complexity index is 453. The van der Waals surface area contributed by atoms with Crippen LogP contribution in [0.25, 0.3) is 0 Å². The summed E-state index contributed by atoms with van der Waals surface area (Å²) in [6.45, 7) is 0. The molecule has 0 radical (unpaired) electrons. The number of benzene rings is 1. The maximum Gasteiger partial charge on any atom is 0.148 e. The molecule has 0 spiro atoms. The molecule has 16 heavy (non-hydrogen) atoms. The first-order valence-electron chi connectivity index (χ1n) is 4.66. The van der Waals surface area contributed by atoms with Gasteiger partial charge in [-0.05, 0) is 18.6 Å². The Morgan fingerprint density at radius 2 is 1.81 bits per heavy atom. The standard InChI is InChI=1S/C10H13F2NO2S/c1-16(14,15)6-7(13)5-8-9(11)3-2-4-10(8)12/h2-4,7H,5-6,13H2,1H3. The summed E-state index contributed by atoms with van der Waals surface area (Å²) in [5.41, 5.74) is 5.35. The average molecular weight is 249 g/mol. The number of hydrogen-bond acceptors (Lipinski definition) is 3. The summed E-state index contributed by atoms with van der Waals surface area (Å²) in [5.74, 6) is -1.70. The van der Waals surface area contributed by atoms with Crippen LogP contribution in [-0.4, -0.2) is 26.5 Å². The predicted octanol–water partition coefficient (Wildman–Crippen LogP) is 0.879. The summed E-state index contributed by atoms with van der Waals surface area (Å²) in [6.07, 6.45) is 0.899. The Hall–Kier alpha value is -1.01. The number of sulfone groups is 1. The van der Waals surface area contributed by atoms with Gasteiger partial charge >= 0.3 is 0 Å². The summed E-state index contributed by atoms with van der Waals surface area (Å²) in [7, 11) is -3.24.